The summed E-state index contributed by atoms with van der Waals surface area (Å²) >= 11 is 0. The van der Waals surface area contributed by atoms with Crippen molar-refractivity contribution in [2.24, 2.45) is 12.5 Å². The maximum Gasteiger partial charge on any atom is 0.290 e. The fourth-order valence-electron chi connectivity index (χ4n) is 8.26. The average Bonchev–Trinajstić information content (AvgIpc) is 3.20. The van der Waals surface area contributed by atoms with E-state index in [1.165, 1.54) is 38.1 Å². The van der Waals surface area contributed by atoms with E-state index in [0.29, 0.717) is 0 Å². The van der Waals surface area contributed by atoms with Crippen molar-refractivity contribution >= 4 is 43.5 Å². The third-order valence-corrected chi connectivity index (χ3v) is 10.5. The molecular formula is C36H36N3O2+. The number of hydrogen-bond acceptors (Lipinski definition) is 3. The fourth-order valence-corrected chi connectivity index (χ4v) is 8.26. The summed E-state index contributed by atoms with van der Waals surface area (Å²) in [6, 6.07) is 24.3. The molecule has 3 heterocycles. The largest absolute Gasteiger partial charge is 0.361 e. The first kappa shape index (κ1) is 25.0. The molecule has 2 aliphatic rings. The van der Waals surface area contributed by atoms with Crippen LogP contribution in [0.2, 0.25) is 0 Å². The second-order valence-electron chi connectivity index (χ2n) is 13.7. The molecule has 1 aliphatic heterocycles. The highest BCUT2D eigenvalue weighted by Crippen LogP contribution is 2.72. The van der Waals surface area contributed by atoms with Gasteiger partial charge in [0.2, 0.25) is 5.79 Å². The van der Waals surface area contributed by atoms with Gasteiger partial charge in [-0.3, -0.25) is 0 Å². The van der Waals surface area contributed by atoms with Crippen LogP contribution in [-0.4, -0.2) is 27.6 Å². The SMILES string of the molecule is COC1(O)C2(C)c3ccc4c(CC(C)(C)C)cccc4c3-c3c4c5cc6ccccc6cc5n(C)c4nc[n+]3C12C. The lowest BCUT2D eigenvalue weighted by molar-refractivity contribution is -0.743. The molecular weight excluding hydrogens is 506 g/mol. The minimum Gasteiger partial charge on any atom is -0.361 e. The highest BCUT2D eigenvalue weighted by molar-refractivity contribution is 6.18. The van der Waals surface area contributed by atoms with Gasteiger partial charge < -0.3 is 14.4 Å². The number of hydrogen-bond donors (Lipinski definition) is 1. The van der Waals surface area contributed by atoms with Crippen molar-refractivity contribution in [3.63, 3.8) is 0 Å². The van der Waals surface area contributed by atoms with Gasteiger partial charge in [0.1, 0.15) is 16.5 Å². The molecule has 0 spiro atoms. The Morgan fingerprint density at radius 3 is 2.37 bits per heavy atom. The molecule has 41 heavy (non-hydrogen) atoms. The predicted molar refractivity (Wildman–Crippen MR) is 165 cm³/mol. The molecule has 1 aliphatic carbocycles. The zero-order valence-electron chi connectivity index (χ0n) is 24.8. The number of methoxy groups -OCH3 is 1. The van der Waals surface area contributed by atoms with Crippen LogP contribution in [0.25, 0.3) is 54.7 Å². The molecule has 0 amide bonds. The van der Waals surface area contributed by atoms with Crippen LogP contribution < -0.4 is 4.57 Å². The monoisotopic (exact) mass is 542 g/mol. The molecule has 1 saturated carbocycles. The molecule has 4 aromatic carbocycles. The number of aliphatic hydroxyl groups is 1. The Labute approximate surface area is 240 Å². The van der Waals surface area contributed by atoms with E-state index in [4.69, 9.17) is 9.72 Å². The molecule has 5 heteroatoms. The van der Waals surface area contributed by atoms with Crippen LogP contribution in [0.1, 0.15) is 45.7 Å². The van der Waals surface area contributed by atoms with Crippen LogP contribution in [0.5, 0.6) is 0 Å². The van der Waals surface area contributed by atoms with Gasteiger partial charge in [-0.1, -0.05) is 75.4 Å². The molecule has 1 N–H and O–H groups in total. The molecule has 3 unspecified atom stereocenters. The van der Waals surface area contributed by atoms with E-state index in [-0.39, 0.29) is 5.41 Å². The first-order valence-electron chi connectivity index (χ1n) is 14.5. The molecule has 6 aromatic rings. The van der Waals surface area contributed by atoms with Gasteiger partial charge in [-0.25, -0.2) is 4.57 Å². The van der Waals surface area contributed by atoms with Crippen LogP contribution >= 0.6 is 0 Å². The van der Waals surface area contributed by atoms with Crippen LogP contribution in [0.3, 0.4) is 0 Å². The van der Waals surface area contributed by atoms with Crippen molar-refractivity contribution in [2.45, 2.75) is 57.8 Å². The minimum absolute atomic E-state index is 0.155. The molecule has 206 valence electrons. The molecule has 3 atom stereocenters. The molecule has 0 bridgehead atoms. The average molecular weight is 543 g/mol. The van der Waals surface area contributed by atoms with E-state index in [1.807, 2.05) is 6.33 Å². The first-order chi connectivity index (χ1) is 19.5. The van der Waals surface area contributed by atoms with Gasteiger partial charge in [0.05, 0.1) is 5.52 Å². The highest BCUT2D eigenvalue weighted by Gasteiger charge is 2.91. The van der Waals surface area contributed by atoms with Crippen molar-refractivity contribution in [2.75, 3.05) is 7.11 Å². The molecule has 0 radical (unpaired) electrons. The van der Waals surface area contributed by atoms with Crippen LogP contribution in [0, 0.1) is 5.41 Å². The summed E-state index contributed by atoms with van der Waals surface area (Å²) in [5.41, 5.74) is 5.58. The highest BCUT2D eigenvalue weighted by atomic mass is 16.6. The van der Waals surface area contributed by atoms with Crippen LogP contribution in [-0.2, 0) is 29.2 Å². The number of aromatic nitrogens is 3. The Morgan fingerprint density at radius 1 is 0.927 bits per heavy atom. The molecule has 2 aromatic heterocycles. The number of rotatable bonds is 2. The molecule has 1 fully saturated rings. The van der Waals surface area contributed by atoms with E-state index in [9.17, 15) is 5.11 Å². The summed E-state index contributed by atoms with van der Waals surface area (Å²) in [5.74, 6) is -1.38. The predicted octanol–water partition coefficient (Wildman–Crippen LogP) is 6.91. The third kappa shape index (κ3) is 2.74. The number of ether oxygens (including phenoxy) is 1. The smallest absolute Gasteiger partial charge is 0.290 e. The van der Waals surface area contributed by atoms with Gasteiger partial charge in [0.25, 0.3) is 12.0 Å². The van der Waals surface area contributed by atoms with E-state index in [1.54, 1.807) is 7.11 Å². The number of nitrogens with zero attached hydrogens (tertiary/aromatic N) is 3. The van der Waals surface area contributed by atoms with E-state index < -0.39 is 16.7 Å². The van der Waals surface area contributed by atoms with Crippen molar-refractivity contribution in [1.29, 1.82) is 0 Å². The van der Waals surface area contributed by atoms with Crippen molar-refractivity contribution in [3.05, 3.63) is 84.2 Å². The minimum atomic E-state index is -1.38. The summed E-state index contributed by atoms with van der Waals surface area (Å²) < 4.78 is 10.4. The summed E-state index contributed by atoms with van der Waals surface area (Å²) in [4.78, 5) is 5.05. The second-order valence-corrected chi connectivity index (χ2v) is 13.7. The summed E-state index contributed by atoms with van der Waals surface area (Å²) in [7, 11) is 3.72. The van der Waals surface area contributed by atoms with Gasteiger partial charge in [-0.2, -0.15) is 0 Å². The van der Waals surface area contributed by atoms with E-state index in [2.05, 4.69) is 118 Å². The normalized spacial score (nSPS) is 25.1. The van der Waals surface area contributed by atoms with Gasteiger partial charge >= 0.3 is 0 Å². The second kappa shape index (κ2) is 7.53. The van der Waals surface area contributed by atoms with Gasteiger partial charge in [-0.15, -0.1) is 0 Å². The standard InChI is InChI=1S/C36H36N3O2/c1-33(2,3)19-23-13-10-14-25-24(23)15-16-27-29(25)31-30-26-17-21-11-8-9-12-22(21)18-28(26)38(6)32(30)37-20-39(31)35(5)34(27,4)36(35,40)41-7/h8-18,20,40H,19H2,1-7H3/q+1. The van der Waals surface area contributed by atoms with Crippen LogP contribution in [0.4, 0.5) is 0 Å². The Morgan fingerprint density at radius 2 is 1.66 bits per heavy atom. The zero-order chi connectivity index (χ0) is 28.7. The lowest BCUT2D eigenvalue weighted by Gasteiger charge is -2.28. The van der Waals surface area contributed by atoms with Gasteiger partial charge in [-0.05, 0) is 75.5 Å². The molecule has 0 saturated heterocycles. The van der Waals surface area contributed by atoms with Gasteiger partial charge in [0, 0.05) is 25.1 Å². The lowest BCUT2D eigenvalue weighted by Crippen LogP contribution is -2.55. The number of fused-ring (bicyclic) bond motifs is 13. The van der Waals surface area contributed by atoms with Crippen LogP contribution in [0.15, 0.2) is 73.1 Å². The van der Waals surface area contributed by atoms with Gasteiger partial charge in [0.15, 0.2) is 5.54 Å². The van der Waals surface area contributed by atoms with Crippen molar-refractivity contribution in [3.8, 4) is 11.3 Å². The summed E-state index contributed by atoms with van der Waals surface area (Å²) in [6.45, 7) is 11.1. The topological polar surface area (TPSA) is 51.2 Å². The van der Waals surface area contributed by atoms with Crippen molar-refractivity contribution < 1.29 is 14.4 Å². The van der Waals surface area contributed by atoms with E-state index >= 15 is 0 Å². The zero-order valence-corrected chi connectivity index (χ0v) is 24.8. The number of aryl methyl sites for hydroxylation is 1. The lowest BCUT2D eigenvalue weighted by atomic mass is 9.79. The summed E-state index contributed by atoms with van der Waals surface area (Å²) in [5, 5.41) is 19.3. The third-order valence-electron chi connectivity index (χ3n) is 10.5. The van der Waals surface area contributed by atoms with E-state index in [0.717, 1.165) is 34.2 Å². The quantitative estimate of drug-likeness (QED) is 0.191. The molecule has 8 rings (SSSR count). The fraction of sp³-hybridized carbons (Fsp3) is 0.333. The summed E-state index contributed by atoms with van der Waals surface area (Å²) in [6.07, 6.45) is 2.90. The Hall–Kier alpha value is -3.80. The maximum absolute atomic E-state index is 12.1. The maximum atomic E-state index is 12.1. The van der Waals surface area contributed by atoms with Crippen molar-refractivity contribution in [1.82, 2.24) is 9.55 Å². The number of benzene rings is 4. The Bertz CT molecular complexity index is 2120. The first-order valence-corrected chi connectivity index (χ1v) is 14.5. The Kier molecular flexibility index (Phi) is 4.58. The molecule has 5 nitrogen and oxygen atoms in total. The Balaban J connectivity index is 1.59.